The van der Waals surface area contributed by atoms with Gasteiger partial charge in [-0.2, -0.15) is 0 Å². The number of rotatable bonds is 6. The van der Waals surface area contributed by atoms with E-state index in [9.17, 15) is 9.59 Å². The fourth-order valence-electron chi connectivity index (χ4n) is 3.28. The largest absolute Gasteiger partial charge is 0.481 e. The number of nitrogens with zero attached hydrogens (tertiary/aromatic N) is 1. The Morgan fingerprint density at radius 3 is 2.65 bits per heavy atom. The quantitative estimate of drug-likeness (QED) is 0.756. The molecule has 1 aliphatic heterocycles. The Morgan fingerprint density at radius 2 is 2.10 bits per heavy atom. The van der Waals surface area contributed by atoms with Crippen molar-refractivity contribution in [2.75, 3.05) is 26.3 Å². The maximum absolute atomic E-state index is 12.7. The molecule has 5 nitrogen and oxygen atoms in total. The first-order chi connectivity index (χ1) is 9.59. The van der Waals surface area contributed by atoms with Crippen LogP contribution >= 0.6 is 0 Å². The van der Waals surface area contributed by atoms with Gasteiger partial charge in [0.05, 0.1) is 11.3 Å². The van der Waals surface area contributed by atoms with Crippen LogP contribution < -0.4 is 0 Å². The summed E-state index contributed by atoms with van der Waals surface area (Å²) in [5.74, 6) is -1.01. The molecule has 1 heterocycles. The summed E-state index contributed by atoms with van der Waals surface area (Å²) in [6.45, 7) is 4.34. The number of ether oxygens (including phenoxy) is 1. The molecule has 20 heavy (non-hydrogen) atoms. The fraction of sp³-hybridized carbons (Fsp3) is 0.867. The second-order valence-corrected chi connectivity index (χ2v) is 6.01. The molecule has 114 valence electrons. The first-order valence-corrected chi connectivity index (χ1v) is 7.69. The Balaban J connectivity index is 1.95. The Morgan fingerprint density at radius 1 is 1.35 bits per heavy atom. The monoisotopic (exact) mass is 283 g/mol. The van der Waals surface area contributed by atoms with Gasteiger partial charge in [0.25, 0.3) is 0 Å². The Kier molecular flexibility index (Phi) is 5.02. The van der Waals surface area contributed by atoms with Crippen molar-refractivity contribution in [3.8, 4) is 0 Å². The predicted octanol–water partition coefficient (Wildman–Crippen LogP) is 1.91. The van der Waals surface area contributed by atoms with Crippen LogP contribution in [0.5, 0.6) is 0 Å². The van der Waals surface area contributed by atoms with Gasteiger partial charge in [0.15, 0.2) is 0 Å². The summed E-state index contributed by atoms with van der Waals surface area (Å²) in [7, 11) is 0. The lowest BCUT2D eigenvalue weighted by molar-refractivity contribution is -0.154. The molecule has 0 radical (unpaired) electrons. The van der Waals surface area contributed by atoms with Crippen molar-refractivity contribution in [1.82, 2.24) is 4.90 Å². The van der Waals surface area contributed by atoms with Gasteiger partial charge in [-0.1, -0.05) is 6.42 Å². The molecule has 2 rings (SSSR count). The van der Waals surface area contributed by atoms with Gasteiger partial charge in [0.1, 0.15) is 0 Å². The number of carbonyl (C=O) groups is 2. The zero-order valence-electron chi connectivity index (χ0n) is 12.3. The van der Waals surface area contributed by atoms with E-state index in [0.717, 1.165) is 32.1 Å². The third-order valence-electron chi connectivity index (χ3n) is 4.75. The third-order valence-corrected chi connectivity index (χ3v) is 4.75. The van der Waals surface area contributed by atoms with E-state index in [1.54, 1.807) is 4.90 Å². The lowest BCUT2D eigenvalue weighted by Gasteiger charge is -2.45. The zero-order chi connectivity index (χ0) is 14.6. The van der Waals surface area contributed by atoms with Crippen LogP contribution in [0, 0.1) is 11.3 Å². The lowest BCUT2D eigenvalue weighted by atomic mass is 9.65. The number of likely N-dealkylation sites (tertiary alicyclic amines) is 1. The molecule has 1 unspecified atom stereocenters. The highest BCUT2D eigenvalue weighted by Gasteiger charge is 2.46. The molecular formula is C15H25NO4. The van der Waals surface area contributed by atoms with Crippen molar-refractivity contribution < 1.29 is 19.4 Å². The van der Waals surface area contributed by atoms with Crippen molar-refractivity contribution in [1.29, 1.82) is 0 Å². The predicted molar refractivity (Wildman–Crippen MR) is 74.3 cm³/mol. The molecule has 0 aromatic carbocycles. The minimum absolute atomic E-state index is 0.161. The second-order valence-electron chi connectivity index (χ2n) is 6.01. The van der Waals surface area contributed by atoms with Crippen molar-refractivity contribution in [3.63, 3.8) is 0 Å². The van der Waals surface area contributed by atoms with E-state index in [1.165, 1.54) is 0 Å². The summed E-state index contributed by atoms with van der Waals surface area (Å²) in [6, 6.07) is 0. The number of hydrogen-bond acceptors (Lipinski definition) is 3. The van der Waals surface area contributed by atoms with E-state index in [-0.39, 0.29) is 11.3 Å². The number of carbonyl (C=O) groups excluding carboxylic acids is 1. The minimum Gasteiger partial charge on any atom is -0.481 e. The standard InChI is InChI=1S/C15H25NO4/c1-2-20-10-8-15(6-4-7-15)14(19)16-9-3-5-12(11-16)13(17)18/h12H,2-11H2,1H3,(H,17,18). The number of piperidine rings is 1. The SMILES string of the molecule is CCOCCC1(C(=O)N2CCCC(C(=O)O)C2)CCC1. The molecule has 0 bridgehead atoms. The summed E-state index contributed by atoms with van der Waals surface area (Å²) in [4.78, 5) is 25.6. The minimum atomic E-state index is -0.778. The number of aliphatic carboxylic acids is 1. The zero-order valence-corrected chi connectivity index (χ0v) is 12.3. The molecule has 2 aliphatic rings. The van der Waals surface area contributed by atoms with Gasteiger partial charge in [-0.15, -0.1) is 0 Å². The maximum atomic E-state index is 12.7. The highest BCUT2D eigenvalue weighted by atomic mass is 16.5. The number of amides is 1. The molecule has 1 saturated carbocycles. The van der Waals surface area contributed by atoms with Crippen LogP contribution in [0.15, 0.2) is 0 Å². The number of hydrogen-bond donors (Lipinski definition) is 1. The molecule has 1 aliphatic carbocycles. The van der Waals surface area contributed by atoms with Gasteiger partial charge in [-0.25, -0.2) is 0 Å². The summed E-state index contributed by atoms with van der Waals surface area (Å²) in [6.07, 6.45) is 5.19. The van der Waals surface area contributed by atoms with Crippen LogP contribution in [0.25, 0.3) is 0 Å². The van der Waals surface area contributed by atoms with E-state index in [0.29, 0.717) is 32.7 Å². The van der Waals surface area contributed by atoms with Crippen molar-refractivity contribution in [3.05, 3.63) is 0 Å². The summed E-state index contributed by atoms with van der Waals surface area (Å²) in [5, 5.41) is 9.13. The summed E-state index contributed by atoms with van der Waals surface area (Å²) >= 11 is 0. The van der Waals surface area contributed by atoms with Crippen LogP contribution in [0.4, 0.5) is 0 Å². The average Bonchev–Trinajstić information content (AvgIpc) is 2.41. The van der Waals surface area contributed by atoms with Crippen LogP contribution in [0.3, 0.4) is 0 Å². The van der Waals surface area contributed by atoms with Crippen molar-refractivity contribution in [2.24, 2.45) is 11.3 Å². The van der Waals surface area contributed by atoms with Gasteiger partial charge in [-0.3, -0.25) is 9.59 Å². The van der Waals surface area contributed by atoms with Crippen LogP contribution in [-0.2, 0) is 14.3 Å². The Hall–Kier alpha value is -1.10. The highest BCUT2D eigenvalue weighted by Crippen LogP contribution is 2.46. The Bertz CT molecular complexity index is 365. The van der Waals surface area contributed by atoms with Gasteiger partial charge >= 0.3 is 5.97 Å². The van der Waals surface area contributed by atoms with Crippen LogP contribution in [0.2, 0.25) is 0 Å². The average molecular weight is 283 g/mol. The van der Waals surface area contributed by atoms with Crippen molar-refractivity contribution in [2.45, 2.75) is 45.4 Å². The number of carboxylic acids is 1. The highest BCUT2D eigenvalue weighted by molar-refractivity contribution is 5.84. The normalized spacial score (nSPS) is 25.1. The molecule has 0 spiro atoms. The molecule has 1 N–H and O–H groups in total. The lowest BCUT2D eigenvalue weighted by Crippen LogP contribution is -2.52. The first kappa shape index (κ1) is 15.3. The molecule has 1 amide bonds. The van der Waals surface area contributed by atoms with E-state index < -0.39 is 11.9 Å². The van der Waals surface area contributed by atoms with E-state index in [4.69, 9.17) is 9.84 Å². The van der Waals surface area contributed by atoms with Crippen LogP contribution in [0.1, 0.15) is 45.4 Å². The second kappa shape index (κ2) is 6.57. The first-order valence-electron chi connectivity index (χ1n) is 7.69. The van der Waals surface area contributed by atoms with Gasteiger partial charge in [0.2, 0.25) is 5.91 Å². The third kappa shape index (κ3) is 3.14. The summed E-state index contributed by atoms with van der Waals surface area (Å²) in [5.41, 5.74) is -0.268. The summed E-state index contributed by atoms with van der Waals surface area (Å²) < 4.78 is 5.40. The number of carboxylic acid groups (broad SMARTS) is 1. The fourth-order valence-corrected chi connectivity index (χ4v) is 3.28. The molecule has 1 atom stereocenters. The topological polar surface area (TPSA) is 66.8 Å². The van der Waals surface area contributed by atoms with Crippen molar-refractivity contribution >= 4 is 11.9 Å². The van der Waals surface area contributed by atoms with Gasteiger partial charge < -0.3 is 14.7 Å². The van der Waals surface area contributed by atoms with Gasteiger partial charge in [-0.05, 0) is 39.0 Å². The molecular weight excluding hydrogens is 258 g/mol. The van der Waals surface area contributed by atoms with E-state index >= 15 is 0 Å². The molecule has 0 aromatic rings. The van der Waals surface area contributed by atoms with E-state index in [1.807, 2.05) is 6.92 Å². The smallest absolute Gasteiger partial charge is 0.308 e. The maximum Gasteiger partial charge on any atom is 0.308 e. The van der Waals surface area contributed by atoms with Gasteiger partial charge in [0, 0.05) is 26.3 Å². The molecule has 0 aromatic heterocycles. The molecule has 1 saturated heterocycles. The van der Waals surface area contributed by atoms with E-state index in [2.05, 4.69) is 0 Å². The molecule has 2 fully saturated rings. The Labute approximate surface area is 120 Å². The molecule has 5 heteroatoms. The van der Waals surface area contributed by atoms with Crippen LogP contribution in [-0.4, -0.2) is 48.2 Å².